The maximum atomic E-state index is 13.5. The lowest BCUT2D eigenvalue weighted by Crippen LogP contribution is -2.50. The molecule has 1 aromatic heterocycles. The van der Waals surface area contributed by atoms with E-state index in [-0.39, 0.29) is 23.6 Å². The third kappa shape index (κ3) is 3.62. The molecule has 8 heteroatoms. The number of rotatable bonds is 4. The van der Waals surface area contributed by atoms with Crippen molar-refractivity contribution in [3.63, 3.8) is 0 Å². The van der Waals surface area contributed by atoms with Gasteiger partial charge in [-0.05, 0) is 75.8 Å². The van der Waals surface area contributed by atoms with Gasteiger partial charge in [-0.15, -0.1) is 0 Å². The molecule has 1 aromatic carbocycles. The average Bonchev–Trinajstić information content (AvgIpc) is 3.13. The normalized spacial score (nSPS) is 22.2. The van der Waals surface area contributed by atoms with E-state index in [2.05, 4.69) is 5.32 Å². The summed E-state index contributed by atoms with van der Waals surface area (Å²) in [5.74, 6) is -2.00. The number of aryl methyl sites for hydroxylation is 1. The summed E-state index contributed by atoms with van der Waals surface area (Å²) in [6, 6.07) is 4.06. The van der Waals surface area contributed by atoms with Crippen LogP contribution in [0.4, 0.5) is 10.1 Å². The number of aromatic nitrogens is 1. The van der Waals surface area contributed by atoms with E-state index in [4.69, 9.17) is 0 Å². The van der Waals surface area contributed by atoms with E-state index in [1.807, 2.05) is 0 Å². The second-order valence-electron chi connectivity index (χ2n) is 8.96. The lowest BCUT2D eigenvalue weighted by atomic mass is 9.98. The standard InChI is InChI=1S/C24H28FN3O4/c1-12-9-15(5-8-19(12)25)26-23(31)20-13(2)21(27(4)14(20)3)22(30)24(32)28-16-6-7-17(28)11-18(29)10-16/h5,8-9,16-18,29H,6-7,10-11H2,1-4H3,(H,26,31). The summed E-state index contributed by atoms with van der Waals surface area (Å²) in [5, 5.41) is 12.8. The highest BCUT2D eigenvalue weighted by atomic mass is 19.1. The molecule has 3 heterocycles. The Balaban J connectivity index is 1.61. The van der Waals surface area contributed by atoms with E-state index in [1.54, 1.807) is 37.3 Å². The molecule has 4 rings (SSSR count). The zero-order chi connectivity index (χ0) is 23.3. The SMILES string of the molecule is Cc1cc(NC(=O)c2c(C)c(C(=O)C(=O)N3C4CCC3CC(O)C4)n(C)c2C)ccc1F. The molecule has 32 heavy (non-hydrogen) atoms. The van der Waals surface area contributed by atoms with Gasteiger partial charge in [-0.2, -0.15) is 0 Å². The predicted octanol–water partition coefficient (Wildman–Crippen LogP) is 3.04. The molecule has 2 aromatic rings. The van der Waals surface area contributed by atoms with Crippen LogP contribution >= 0.6 is 0 Å². The Morgan fingerprint density at radius 1 is 1.09 bits per heavy atom. The minimum atomic E-state index is -0.641. The summed E-state index contributed by atoms with van der Waals surface area (Å²) < 4.78 is 15.1. The number of carbonyl (C=O) groups is 3. The second kappa shape index (κ2) is 8.16. The van der Waals surface area contributed by atoms with Crippen LogP contribution in [-0.2, 0) is 11.8 Å². The second-order valence-corrected chi connectivity index (χ2v) is 8.96. The number of piperidine rings is 1. The fourth-order valence-electron chi connectivity index (χ4n) is 5.25. The molecule has 2 unspecified atom stereocenters. The molecule has 2 saturated heterocycles. The molecule has 7 nitrogen and oxygen atoms in total. The molecule has 2 fully saturated rings. The van der Waals surface area contributed by atoms with Crippen LogP contribution in [0.3, 0.4) is 0 Å². The first-order valence-corrected chi connectivity index (χ1v) is 10.9. The fraction of sp³-hybridized carbons (Fsp3) is 0.458. The molecule has 170 valence electrons. The van der Waals surface area contributed by atoms with Gasteiger partial charge in [-0.1, -0.05) is 0 Å². The van der Waals surface area contributed by atoms with Crippen molar-refractivity contribution < 1.29 is 23.9 Å². The van der Waals surface area contributed by atoms with Crippen LogP contribution < -0.4 is 5.32 Å². The summed E-state index contributed by atoms with van der Waals surface area (Å²) in [6.45, 7) is 4.99. The number of amides is 2. The number of aliphatic hydroxyl groups excluding tert-OH is 1. The molecule has 2 N–H and O–H groups in total. The lowest BCUT2D eigenvalue weighted by molar-refractivity contribution is -0.132. The van der Waals surface area contributed by atoms with Gasteiger partial charge < -0.3 is 19.9 Å². The number of anilines is 1. The van der Waals surface area contributed by atoms with E-state index in [0.29, 0.717) is 40.9 Å². The minimum Gasteiger partial charge on any atom is -0.393 e. The maximum absolute atomic E-state index is 13.5. The Labute approximate surface area is 186 Å². The number of nitrogens with one attached hydrogen (secondary N) is 1. The Morgan fingerprint density at radius 2 is 1.72 bits per heavy atom. The van der Waals surface area contributed by atoms with Crippen molar-refractivity contribution in [2.24, 2.45) is 7.05 Å². The van der Waals surface area contributed by atoms with Crippen molar-refractivity contribution in [3.05, 3.63) is 52.1 Å². The largest absolute Gasteiger partial charge is 0.393 e. The molecule has 2 atom stereocenters. The van der Waals surface area contributed by atoms with Crippen LogP contribution in [0.25, 0.3) is 0 Å². The number of fused-ring (bicyclic) bond motifs is 2. The van der Waals surface area contributed by atoms with Gasteiger partial charge in [0.25, 0.3) is 17.6 Å². The van der Waals surface area contributed by atoms with Crippen molar-refractivity contribution in [1.82, 2.24) is 9.47 Å². The van der Waals surface area contributed by atoms with Crippen molar-refractivity contribution in [2.45, 2.75) is 64.6 Å². The van der Waals surface area contributed by atoms with Gasteiger partial charge in [0.2, 0.25) is 0 Å². The van der Waals surface area contributed by atoms with Gasteiger partial charge in [0.15, 0.2) is 0 Å². The fourth-order valence-corrected chi connectivity index (χ4v) is 5.25. The van der Waals surface area contributed by atoms with Gasteiger partial charge in [-0.25, -0.2) is 4.39 Å². The van der Waals surface area contributed by atoms with Crippen LogP contribution in [0.1, 0.15) is 63.4 Å². The van der Waals surface area contributed by atoms with Crippen molar-refractivity contribution in [1.29, 1.82) is 0 Å². The van der Waals surface area contributed by atoms with E-state index in [0.717, 1.165) is 12.8 Å². The van der Waals surface area contributed by atoms with E-state index in [1.165, 1.54) is 18.2 Å². The van der Waals surface area contributed by atoms with Gasteiger partial charge in [0.05, 0.1) is 17.4 Å². The highest BCUT2D eigenvalue weighted by Gasteiger charge is 2.45. The van der Waals surface area contributed by atoms with Crippen molar-refractivity contribution in [3.8, 4) is 0 Å². The highest BCUT2D eigenvalue weighted by molar-refractivity contribution is 6.43. The van der Waals surface area contributed by atoms with Crippen molar-refractivity contribution >= 4 is 23.3 Å². The van der Waals surface area contributed by atoms with E-state index < -0.39 is 23.7 Å². The topological polar surface area (TPSA) is 91.6 Å². The molecule has 2 bridgehead atoms. The number of aliphatic hydroxyl groups is 1. The molecule has 2 aliphatic heterocycles. The number of benzene rings is 1. The number of ketones is 1. The Bertz CT molecular complexity index is 1110. The zero-order valence-corrected chi connectivity index (χ0v) is 18.7. The van der Waals surface area contributed by atoms with E-state index >= 15 is 0 Å². The molecular formula is C24H28FN3O4. The monoisotopic (exact) mass is 441 g/mol. The molecule has 0 spiro atoms. The smallest absolute Gasteiger partial charge is 0.297 e. The summed E-state index contributed by atoms with van der Waals surface area (Å²) in [5.41, 5.74) is 2.37. The molecule has 0 radical (unpaired) electrons. The average molecular weight is 442 g/mol. The number of nitrogens with zero attached hydrogens (tertiary/aromatic N) is 2. The number of carbonyl (C=O) groups excluding carboxylic acids is 3. The third-order valence-corrected chi connectivity index (χ3v) is 6.93. The quantitative estimate of drug-likeness (QED) is 0.564. The Kier molecular flexibility index (Phi) is 5.67. The van der Waals surface area contributed by atoms with Crippen LogP contribution in [0, 0.1) is 26.6 Å². The first kappa shape index (κ1) is 22.2. The predicted molar refractivity (Wildman–Crippen MR) is 117 cm³/mol. The molecule has 2 amide bonds. The van der Waals surface area contributed by atoms with Gasteiger partial charge in [0.1, 0.15) is 5.82 Å². The number of halogens is 1. The summed E-state index contributed by atoms with van der Waals surface area (Å²) >= 11 is 0. The van der Waals surface area contributed by atoms with Crippen molar-refractivity contribution in [2.75, 3.05) is 5.32 Å². The number of hydrogen-bond acceptors (Lipinski definition) is 4. The maximum Gasteiger partial charge on any atom is 0.297 e. The molecule has 0 aliphatic carbocycles. The number of hydrogen-bond donors (Lipinski definition) is 2. The Hall–Kier alpha value is -3.00. The van der Waals surface area contributed by atoms with Crippen LogP contribution in [-0.4, -0.2) is 50.4 Å². The van der Waals surface area contributed by atoms with E-state index in [9.17, 15) is 23.9 Å². The third-order valence-electron chi connectivity index (χ3n) is 6.93. The number of Topliss-reactive ketones (excluding diaryl/α,β-unsaturated/α-hetero) is 1. The molecule has 0 saturated carbocycles. The van der Waals surface area contributed by atoms with Gasteiger partial charge in [0, 0.05) is 30.5 Å². The highest BCUT2D eigenvalue weighted by Crippen LogP contribution is 2.36. The zero-order valence-electron chi connectivity index (χ0n) is 18.7. The lowest BCUT2D eigenvalue weighted by Gasteiger charge is -2.36. The first-order valence-electron chi connectivity index (χ1n) is 10.9. The molecule has 2 aliphatic rings. The van der Waals surface area contributed by atoms with Crippen LogP contribution in [0.15, 0.2) is 18.2 Å². The Morgan fingerprint density at radius 3 is 2.31 bits per heavy atom. The summed E-state index contributed by atoms with van der Waals surface area (Å²) in [6.07, 6.45) is 2.13. The summed E-state index contributed by atoms with van der Waals surface area (Å²) in [4.78, 5) is 41.1. The molecular weight excluding hydrogens is 413 g/mol. The minimum absolute atomic E-state index is 0.119. The summed E-state index contributed by atoms with van der Waals surface area (Å²) in [7, 11) is 1.66. The van der Waals surface area contributed by atoms with Gasteiger partial charge >= 0.3 is 0 Å². The van der Waals surface area contributed by atoms with Gasteiger partial charge in [-0.3, -0.25) is 14.4 Å². The first-order chi connectivity index (χ1) is 15.1. The van der Waals surface area contributed by atoms with Crippen LogP contribution in [0.2, 0.25) is 0 Å². The van der Waals surface area contributed by atoms with Crippen LogP contribution in [0.5, 0.6) is 0 Å².